The number of carbonyl (C=O) groups is 3. The van der Waals surface area contributed by atoms with E-state index in [1.54, 1.807) is 12.1 Å². The van der Waals surface area contributed by atoms with Gasteiger partial charge in [0.2, 0.25) is 11.8 Å². The first-order valence-corrected chi connectivity index (χ1v) is 7.28. The molecule has 0 unspecified atom stereocenters. The summed E-state index contributed by atoms with van der Waals surface area (Å²) < 4.78 is 4.46. The molecule has 1 rings (SSSR count). The van der Waals surface area contributed by atoms with Crippen LogP contribution in [0.3, 0.4) is 0 Å². The minimum Gasteiger partial charge on any atom is -0.469 e. The Balaban J connectivity index is 2.58. The lowest BCUT2D eigenvalue weighted by Gasteiger charge is -2.12. The highest BCUT2D eigenvalue weighted by molar-refractivity contribution is 7.80. The van der Waals surface area contributed by atoms with Gasteiger partial charge in [-0.15, -0.1) is 0 Å². The molecule has 0 aliphatic heterocycles. The maximum atomic E-state index is 11.6. The third kappa shape index (κ3) is 6.88. The predicted octanol–water partition coefficient (Wildman–Crippen LogP) is 1.72. The van der Waals surface area contributed by atoms with Crippen molar-refractivity contribution in [2.24, 2.45) is 0 Å². The van der Waals surface area contributed by atoms with E-state index in [-0.39, 0.29) is 29.8 Å². The second-order valence-electron chi connectivity index (χ2n) is 4.79. The molecule has 0 heterocycles. The summed E-state index contributed by atoms with van der Waals surface area (Å²) in [4.78, 5) is 33.7. The molecule has 0 aliphatic rings. The Labute approximate surface area is 139 Å². The number of ether oxygens (including phenoxy) is 1. The fourth-order valence-electron chi connectivity index (χ4n) is 1.69. The van der Waals surface area contributed by atoms with Crippen LogP contribution in [0.25, 0.3) is 0 Å². The maximum absolute atomic E-state index is 11.6. The quantitative estimate of drug-likeness (QED) is 0.559. The molecule has 0 saturated heterocycles. The molecule has 0 fully saturated rings. The number of rotatable bonds is 5. The number of hydrogen-bond donors (Lipinski definition) is 3. The topological polar surface area (TPSA) is 96.5 Å². The van der Waals surface area contributed by atoms with Crippen molar-refractivity contribution in [3.63, 3.8) is 0 Å². The summed E-state index contributed by atoms with van der Waals surface area (Å²) in [6.45, 7) is 3.29. The number of anilines is 2. The molecule has 1 aromatic rings. The predicted molar refractivity (Wildman–Crippen MR) is 91.1 cm³/mol. The number of hydrogen-bond acceptors (Lipinski definition) is 5. The first-order chi connectivity index (χ1) is 10.8. The average Bonchev–Trinajstić information content (AvgIpc) is 2.47. The highest BCUT2D eigenvalue weighted by Crippen LogP contribution is 2.20. The molecule has 0 spiro atoms. The van der Waals surface area contributed by atoms with Gasteiger partial charge in [0.25, 0.3) is 0 Å². The van der Waals surface area contributed by atoms with Crippen LogP contribution in [0, 0.1) is 6.92 Å². The van der Waals surface area contributed by atoms with Crippen LogP contribution >= 0.6 is 12.2 Å². The molecular formula is C15H19N3O4S. The molecule has 124 valence electrons. The van der Waals surface area contributed by atoms with Crippen molar-refractivity contribution in [2.45, 2.75) is 26.7 Å². The molecule has 0 saturated carbocycles. The zero-order valence-electron chi connectivity index (χ0n) is 13.2. The molecule has 0 aromatic heterocycles. The van der Waals surface area contributed by atoms with Crippen LogP contribution in [0.1, 0.15) is 25.3 Å². The lowest BCUT2D eigenvalue weighted by atomic mass is 10.2. The Morgan fingerprint density at radius 2 is 1.87 bits per heavy atom. The number of amides is 2. The third-order valence-electron chi connectivity index (χ3n) is 2.84. The molecule has 0 aliphatic carbocycles. The fourth-order valence-corrected chi connectivity index (χ4v) is 1.92. The highest BCUT2D eigenvalue weighted by Gasteiger charge is 2.09. The van der Waals surface area contributed by atoms with Crippen LogP contribution in [-0.2, 0) is 19.1 Å². The third-order valence-corrected chi connectivity index (χ3v) is 3.05. The summed E-state index contributed by atoms with van der Waals surface area (Å²) in [6.07, 6.45) is -0.0261. The van der Waals surface area contributed by atoms with Crippen molar-refractivity contribution in [1.82, 2.24) is 5.32 Å². The molecule has 0 atom stereocenters. The molecule has 2 amide bonds. The summed E-state index contributed by atoms with van der Waals surface area (Å²) in [5.74, 6) is -1.02. The second-order valence-corrected chi connectivity index (χ2v) is 5.20. The number of nitrogens with one attached hydrogen (secondary N) is 3. The summed E-state index contributed by atoms with van der Waals surface area (Å²) >= 11 is 5.04. The standard InChI is InChI=1S/C15H19N3O4S/c1-9-4-5-11(8-12(9)16-10(2)19)17-15(23)18-13(20)6-7-14(21)22-3/h4-5,8H,6-7H2,1-3H3,(H,16,19)(H2,17,18,20,23). The second kappa shape index (κ2) is 8.84. The molecule has 0 radical (unpaired) electrons. The molecule has 0 bridgehead atoms. The zero-order valence-corrected chi connectivity index (χ0v) is 14.0. The van der Waals surface area contributed by atoms with Crippen molar-refractivity contribution < 1.29 is 19.1 Å². The van der Waals surface area contributed by atoms with Crippen LogP contribution in [0.4, 0.5) is 11.4 Å². The van der Waals surface area contributed by atoms with E-state index < -0.39 is 5.97 Å². The van der Waals surface area contributed by atoms with Crippen molar-refractivity contribution in [2.75, 3.05) is 17.7 Å². The summed E-state index contributed by atoms with van der Waals surface area (Å²) in [6, 6.07) is 5.30. The Morgan fingerprint density at radius 3 is 2.48 bits per heavy atom. The van der Waals surface area contributed by atoms with Crippen LogP contribution < -0.4 is 16.0 Å². The van der Waals surface area contributed by atoms with E-state index in [9.17, 15) is 14.4 Å². The van der Waals surface area contributed by atoms with Gasteiger partial charge >= 0.3 is 5.97 Å². The van der Waals surface area contributed by atoms with Gasteiger partial charge < -0.3 is 20.7 Å². The van der Waals surface area contributed by atoms with Gasteiger partial charge in [0, 0.05) is 24.7 Å². The van der Waals surface area contributed by atoms with E-state index in [4.69, 9.17) is 12.2 Å². The van der Waals surface area contributed by atoms with E-state index in [1.165, 1.54) is 14.0 Å². The number of esters is 1. The SMILES string of the molecule is COC(=O)CCC(=O)NC(=S)Nc1ccc(C)c(NC(C)=O)c1. The number of aryl methyl sites for hydroxylation is 1. The van der Waals surface area contributed by atoms with Gasteiger partial charge in [-0.25, -0.2) is 0 Å². The van der Waals surface area contributed by atoms with E-state index >= 15 is 0 Å². The lowest BCUT2D eigenvalue weighted by Crippen LogP contribution is -2.34. The van der Waals surface area contributed by atoms with Crippen LogP contribution in [0.2, 0.25) is 0 Å². The summed E-state index contributed by atoms with van der Waals surface area (Å²) in [5, 5.41) is 8.13. The van der Waals surface area contributed by atoms with Gasteiger partial charge in [0.05, 0.1) is 13.5 Å². The van der Waals surface area contributed by atoms with Crippen LogP contribution in [0.5, 0.6) is 0 Å². The lowest BCUT2D eigenvalue weighted by molar-refractivity contribution is -0.142. The first-order valence-electron chi connectivity index (χ1n) is 6.87. The number of methoxy groups -OCH3 is 1. The Morgan fingerprint density at radius 1 is 1.17 bits per heavy atom. The van der Waals surface area contributed by atoms with E-state index in [1.807, 2.05) is 13.0 Å². The van der Waals surface area contributed by atoms with Crippen LogP contribution in [0.15, 0.2) is 18.2 Å². The Hall–Kier alpha value is -2.48. The van der Waals surface area contributed by atoms with Crippen molar-refractivity contribution in [3.8, 4) is 0 Å². The Bertz CT molecular complexity index is 631. The largest absolute Gasteiger partial charge is 0.469 e. The Kier molecular flexibility index (Phi) is 7.14. The number of thiocarbonyl (C=S) groups is 1. The van der Waals surface area contributed by atoms with Gasteiger partial charge in [0.15, 0.2) is 5.11 Å². The molecule has 1 aromatic carbocycles. The number of benzene rings is 1. The van der Waals surface area contributed by atoms with Gasteiger partial charge in [-0.1, -0.05) is 6.07 Å². The molecule has 23 heavy (non-hydrogen) atoms. The smallest absolute Gasteiger partial charge is 0.306 e. The molecular weight excluding hydrogens is 318 g/mol. The first kappa shape index (κ1) is 18.6. The van der Waals surface area contributed by atoms with E-state index in [2.05, 4.69) is 20.7 Å². The van der Waals surface area contributed by atoms with E-state index in [0.29, 0.717) is 11.4 Å². The van der Waals surface area contributed by atoms with E-state index in [0.717, 1.165) is 5.56 Å². The fraction of sp³-hybridized carbons (Fsp3) is 0.333. The van der Waals surface area contributed by atoms with Gasteiger partial charge in [0.1, 0.15) is 0 Å². The maximum Gasteiger partial charge on any atom is 0.306 e. The number of carbonyl (C=O) groups excluding carboxylic acids is 3. The van der Waals surface area contributed by atoms with Crippen molar-refractivity contribution >= 4 is 46.5 Å². The summed E-state index contributed by atoms with van der Waals surface area (Å²) in [7, 11) is 1.26. The van der Waals surface area contributed by atoms with Crippen LogP contribution in [-0.4, -0.2) is 30.0 Å². The normalized spacial score (nSPS) is 9.70. The van der Waals surface area contributed by atoms with Gasteiger partial charge in [-0.3, -0.25) is 14.4 Å². The highest BCUT2D eigenvalue weighted by atomic mass is 32.1. The zero-order chi connectivity index (χ0) is 17.4. The monoisotopic (exact) mass is 337 g/mol. The molecule has 7 nitrogen and oxygen atoms in total. The molecule has 3 N–H and O–H groups in total. The minimum atomic E-state index is -0.461. The van der Waals surface area contributed by atoms with Crippen molar-refractivity contribution in [3.05, 3.63) is 23.8 Å². The van der Waals surface area contributed by atoms with Crippen molar-refractivity contribution in [1.29, 1.82) is 0 Å². The van der Waals surface area contributed by atoms with Gasteiger partial charge in [-0.2, -0.15) is 0 Å². The molecule has 8 heteroatoms. The van der Waals surface area contributed by atoms with Gasteiger partial charge in [-0.05, 0) is 36.8 Å². The minimum absolute atomic E-state index is 0.0117. The summed E-state index contributed by atoms with van der Waals surface area (Å²) in [5.41, 5.74) is 2.18. The average molecular weight is 337 g/mol.